The highest BCUT2D eigenvalue weighted by atomic mass is 16.5. The highest BCUT2D eigenvalue weighted by Crippen LogP contribution is 2.26. The van der Waals surface area contributed by atoms with Crippen molar-refractivity contribution in [3.8, 4) is 5.75 Å². The second-order valence-electron chi connectivity index (χ2n) is 5.62. The topological polar surface area (TPSA) is 85.1 Å². The zero-order chi connectivity index (χ0) is 17.2. The van der Waals surface area contributed by atoms with E-state index in [2.05, 4.69) is 34.4 Å². The largest absolute Gasteiger partial charge is 0.494 e. The van der Waals surface area contributed by atoms with Gasteiger partial charge >= 0.3 is 0 Å². The first-order chi connectivity index (χ1) is 11.7. The smallest absolute Gasteiger partial charge is 0.159 e. The van der Waals surface area contributed by atoms with Crippen molar-refractivity contribution in [2.45, 2.75) is 39.5 Å². The maximum Gasteiger partial charge on any atom is 0.159 e. The minimum Gasteiger partial charge on any atom is -0.494 e. The van der Waals surface area contributed by atoms with Crippen LogP contribution in [0.2, 0.25) is 0 Å². The number of nitrogen functional groups attached to an aromatic ring is 1. The number of nitrogens with one attached hydrogen (secondary N) is 2. The highest BCUT2D eigenvalue weighted by Gasteiger charge is 2.08. The van der Waals surface area contributed by atoms with Gasteiger partial charge in [-0.3, -0.25) is 0 Å². The van der Waals surface area contributed by atoms with Crippen LogP contribution in [0.15, 0.2) is 30.6 Å². The van der Waals surface area contributed by atoms with Gasteiger partial charge in [-0.05, 0) is 37.1 Å². The van der Waals surface area contributed by atoms with Crippen LogP contribution in [0.5, 0.6) is 5.75 Å². The molecule has 0 amide bonds. The summed E-state index contributed by atoms with van der Waals surface area (Å²) in [6.45, 7) is 5.89. The predicted molar refractivity (Wildman–Crippen MR) is 100.0 cm³/mol. The van der Waals surface area contributed by atoms with Crippen molar-refractivity contribution in [3.05, 3.63) is 30.6 Å². The Morgan fingerprint density at radius 1 is 1.00 bits per heavy atom. The molecule has 6 heteroatoms. The Balaban J connectivity index is 1.98. The van der Waals surface area contributed by atoms with E-state index in [1.165, 1.54) is 6.33 Å². The summed E-state index contributed by atoms with van der Waals surface area (Å²) in [6, 6.07) is 7.78. The van der Waals surface area contributed by atoms with Crippen LogP contribution in [-0.4, -0.2) is 23.1 Å². The molecule has 0 saturated carbocycles. The quantitative estimate of drug-likeness (QED) is 0.567. The number of ether oxygens (including phenoxy) is 1. The van der Waals surface area contributed by atoms with E-state index in [0.717, 1.165) is 50.3 Å². The van der Waals surface area contributed by atoms with E-state index in [-0.39, 0.29) is 0 Å². The number of anilines is 4. The summed E-state index contributed by atoms with van der Waals surface area (Å²) < 4.78 is 5.66. The summed E-state index contributed by atoms with van der Waals surface area (Å²) in [5.41, 5.74) is 7.58. The Bertz CT molecular complexity index is 615. The SMILES string of the molecule is CCCCNc1ncnc(Nc2ccc(OCCCC)cc2)c1N. The Morgan fingerprint density at radius 3 is 2.42 bits per heavy atom. The second kappa shape index (κ2) is 9.60. The monoisotopic (exact) mass is 329 g/mol. The zero-order valence-corrected chi connectivity index (χ0v) is 14.5. The molecular formula is C18H27N5O. The third-order valence-electron chi connectivity index (χ3n) is 3.59. The van der Waals surface area contributed by atoms with Crippen molar-refractivity contribution in [3.63, 3.8) is 0 Å². The van der Waals surface area contributed by atoms with Crippen molar-refractivity contribution < 1.29 is 4.74 Å². The van der Waals surface area contributed by atoms with Crippen molar-refractivity contribution in [2.24, 2.45) is 0 Å². The number of unbranched alkanes of at least 4 members (excludes halogenated alkanes) is 2. The molecule has 130 valence electrons. The molecule has 1 aromatic carbocycles. The molecule has 4 N–H and O–H groups in total. The molecule has 1 aromatic heterocycles. The molecule has 0 aliphatic rings. The average Bonchev–Trinajstić information content (AvgIpc) is 2.60. The Morgan fingerprint density at radius 2 is 1.71 bits per heavy atom. The number of nitrogens with zero attached hydrogens (tertiary/aromatic N) is 2. The van der Waals surface area contributed by atoms with Gasteiger partial charge in [0.25, 0.3) is 0 Å². The van der Waals surface area contributed by atoms with Gasteiger partial charge < -0.3 is 21.1 Å². The van der Waals surface area contributed by atoms with Gasteiger partial charge in [-0.1, -0.05) is 26.7 Å². The number of nitrogens with two attached hydrogens (primary N) is 1. The van der Waals surface area contributed by atoms with Crippen molar-refractivity contribution in [1.29, 1.82) is 0 Å². The normalized spacial score (nSPS) is 10.4. The molecule has 0 saturated heterocycles. The van der Waals surface area contributed by atoms with Crippen LogP contribution in [0, 0.1) is 0 Å². The minimum absolute atomic E-state index is 0.525. The van der Waals surface area contributed by atoms with E-state index < -0.39 is 0 Å². The number of benzene rings is 1. The minimum atomic E-state index is 0.525. The van der Waals surface area contributed by atoms with Crippen molar-refractivity contribution in [1.82, 2.24) is 9.97 Å². The summed E-state index contributed by atoms with van der Waals surface area (Å²) in [6.07, 6.45) is 5.89. The maximum absolute atomic E-state index is 6.15. The molecule has 2 aromatic rings. The Hall–Kier alpha value is -2.50. The van der Waals surface area contributed by atoms with Gasteiger partial charge in [0.2, 0.25) is 0 Å². The first-order valence-corrected chi connectivity index (χ1v) is 8.58. The van der Waals surface area contributed by atoms with Crippen LogP contribution >= 0.6 is 0 Å². The lowest BCUT2D eigenvalue weighted by molar-refractivity contribution is 0.309. The van der Waals surface area contributed by atoms with Crippen molar-refractivity contribution in [2.75, 3.05) is 29.5 Å². The van der Waals surface area contributed by atoms with Gasteiger partial charge in [0.1, 0.15) is 17.8 Å². The Kier molecular flexibility index (Phi) is 7.14. The maximum atomic E-state index is 6.15. The molecule has 2 rings (SSSR count). The lowest BCUT2D eigenvalue weighted by Gasteiger charge is -2.13. The molecule has 0 aliphatic heterocycles. The highest BCUT2D eigenvalue weighted by molar-refractivity contribution is 5.77. The molecule has 0 fully saturated rings. The third-order valence-corrected chi connectivity index (χ3v) is 3.59. The molecule has 0 unspecified atom stereocenters. The first kappa shape index (κ1) is 17.8. The average molecular weight is 329 g/mol. The zero-order valence-electron chi connectivity index (χ0n) is 14.5. The van der Waals surface area contributed by atoms with E-state index >= 15 is 0 Å². The van der Waals surface area contributed by atoms with E-state index in [4.69, 9.17) is 10.5 Å². The van der Waals surface area contributed by atoms with Gasteiger partial charge in [-0.15, -0.1) is 0 Å². The summed E-state index contributed by atoms with van der Waals surface area (Å²) in [7, 11) is 0. The molecule has 1 heterocycles. The molecular weight excluding hydrogens is 302 g/mol. The summed E-state index contributed by atoms with van der Waals surface area (Å²) in [5, 5.41) is 6.47. The van der Waals surface area contributed by atoms with Crippen LogP contribution in [-0.2, 0) is 0 Å². The van der Waals surface area contributed by atoms with Crippen LogP contribution in [0.4, 0.5) is 23.0 Å². The standard InChI is InChI=1S/C18H27N5O/c1-3-5-11-20-17-16(19)18(22-13-21-17)23-14-7-9-15(10-8-14)24-12-6-4-2/h7-10,13H,3-6,11-12,19H2,1-2H3,(H2,20,21,22,23). The van der Waals surface area contributed by atoms with Gasteiger partial charge in [0, 0.05) is 12.2 Å². The van der Waals surface area contributed by atoms with Gasteiger partial charge in [0.15, 0.2) is 11.6 Å². The lowest BCUT2D eigenvalue weighted by Crippen LogP contribution is -2.09. The molecule has 24 heavy (non-hydrogen) atoms. The van der Waals surface area contributed by atoms with E-state index in [9.17, 15) is 0 Å². The second-order valence-corrected chi connectivity index (χ2v) is 5.62. The molecule has 0 atom stereocenters. The number of aromatic nitrogens is 2. The lowest BCUT2D eigenvalue weighted by atomic mass is 10.3. The number of hydrogen-bond donors (Lipinski definition) is 3. The predicted octanol–water partition coefficient (Wildman–Crippen LogP) is 4.19. The van der Waals surface area contributed by atoms with Crippen LogP contribution in [0.1, 0.15) is 39.5 Å². The molecule has 6 nitrogen and oxygen atoms in total. The van der Waals surface area contributed by atoms with Crippen molar-refractivity contribution >= 4 is 23.0 Å². The number of rotatable bonds is 10. The van der Waals surface area contributed by atoms with Gasteiger partial charge in [0.05, 0.1) is 6.61 Å². The fourth-order valence-corrected chi connectivity index (χ4v) is 2.13. The van der Waals surface area contributed by atoms with Crippen LogP contribution in [0.3, 0.4) is 0 Å². The van der Waals surface area contributed by atoms with Crippen LogP contribution < -0.4 is 21.1 Å². The third kappa shape index (κ3) is 5.30. The summed E-state index contributed by atoms with van der Waals surface area (Å²) in [4.78, 5) is 8.43. The Labute approximate surface area is 143 Å². The van der Waals surface area contributed by atoms with Crippen LogP contribution in [0.25, 0.3) is 0 Å². The first-order valence-electron chi connectivity index (χ1n) is 8.58. The van der Waals surface area contributed by atoms with Gasteiger partial charge in [-0.25, -0.2) is 9.97 Å². The molecule has 0 spiro atoms. The summed E-state index contributed by atoms with van der Waals surface area (Å²) in [5.74, 6) is 2.13. The fourth-order valence-electron chi connectivity index (χ4n) is 2.13. The molecule has 0 radical (unpaired) electrons. The molecule has 0 aliphatic carbocycles. The summed E-state index contributed by atoms with van der Waals surface area (Å²) >= 11 is 0. The van der Waals surface area contributed by atoms with Gasteiger partial charge in [-0.2, -0.15) is 0 Å². The van der Waals surface area contributed by atoms with E-state index in [0.29, 0.717) is 17.3 Å². The van der Waals surface area contributed by atoms with E-state index in [1.807, 2.05) is 24.3 Å². The molecule has 0 bridgehead atoms. The number of hydrogen-bond acceptors (Lipinski definition) is 6. The fraction of sp³-hybridized carbons (Fsp3) is 0.444. The van der Waals surface area contributed by atoms with E-state index in [1.54, 1.807) is 0 Å².